The molecule has 66 heavy (non-hydrogen) atoms. The molecule has 0 fully saturated rings. The van der Waals surface area contributed by atoms with Gasteiger partial charge in [0.05, 0.1) is 53.6 Å². The third-order valence-corrected chi connectivity index (χ3v) is 10.9. The summed E-state index contributed by atoms with van der Waals surface area (Å²) in [7, 11) is 7.41. The molecule has 0 aliphatic carbocycles. The molecule has 2 unspecified atom stereocenters. The number of hydrogen-bond acceptors (Lipinski definition) is 14. The summed E-state index contributed by atoms with van der Waals surface area (Å²) in [5.74, 6) is -1.74. The maximum absolute atomic E-state index is 12.1. The van der Waals surface area contributed by atoms with Crippen molar-refractivity contribution in [2.24, 2.45) is 0 Å². The van der Waals surface area contributed by atoms with Gasteiger partial charge in [0.1, 0.15) is 39.5 Å². The van der Waals surface area contributed by atoms with Crippen LogP contribution in [0.2, 0.25) is 0 Å². The van der Waals surface area contributed by atoms with E-state index >= 15 is 0 Å². The van der Waals surface area contributed by atoms with Crippen LogP contribution in [0.3, 0.4) is 0 Å². The number of esters is 6. The van der Waals surface area contributed by atoms with Crippen LogP contribution in [0.1, 0.15) is 168 Å². The molecule has 0 aliphatic rings. The van der Waals surface area contributed by atoms with Crippen molar-refractivity contribution in [2.45, 2.75) is 180 Å². The molecule has 0 spiro atoms. The molecule has 0 amide bonds. The number of rotatable bonds is 43. The van der Waals surface area contributed by atoms with E-state index in [1.54, 1.807) is 0 Å². The quantitative estimate of drug-likeness (QED) is 0.0372. The highest BCUT2D eigenvalue weighted by Gasteiger charge is 2.23. The monoisotopic (exact) mass is 989 g/mol. The van der Waals surface area contributed by atoms with Gasteiger partial charge in [-0.1, -0.05) is 103 Å². The van der Waals surface area contributed by atoms with Crippen LogP contribution in [0.15, 0.2) is 0 Å². The van der Waals surface area contributed by atoms with Gasteiger partial charge in [0.25, 0.3) is 0 Å². The Morgan fingerprint density at radius 3 is 0.985 bits per heavy atom. The predicted octanol–water partition coefficient (Wildman–Crippen LogP) is 0.530. The Morgan fingerprint density at radius 2 is 0.667 bits per heavy atom. The summed E-state index contributed by atoms with van der Waals surface area (Å²) < 4.78 is 31.8. The van der Waals surface area contributed by atoms with Gasteiger partial charge < -0.3 is 72.4 Å². The average Bonchev–Trinajstić information content (AvgIpc) is 3.20. The Kier molecular flexibility index (Phi) is 44.5. The van der Waals surface area contributed by atoms with E-state index in [1.165, 1.54) is 13.8 Å². The Morgan fingerprint density at radius 1 is 0.379 bits per heavy atom. The van der Waals surface area contributed by atoms with Crippen molar-refractivity contribution < 1.29 is 101 Å². The average molecular weight is 990 g/mol. The third kappa shape index (κ3) is 47.7. The Labute approximate surface area is 409 Å². The second-order valence-corrected chi connectivity index (χ2v) is 18.6. The number of aliphatic hydroxyl groups is 2. The zero-order valence-electron chi connectivity index (χ0n) is 41.6. The van der Waals surface area contributed by atoms with Crippen molar-refractivity contribution in [3.8, 4) is 0 Å². The summed E-state index contributed by atoms with van der Waals surface area (Å²) in [5, 5.41) is 20.3. The van der Waals surface area contributed by atoms with Gasteiger partial charge >= 0.3 is 35.8 Å². The fourth-order valence-electron chi connectivity index (χ4n) is 6.86. The van der Waals surface area contributed by atoms with Crippen molar-refractivity contribution in [1.29, 1.82) is 0 Å². The van der Waals surface area contributed by atoms with Gasteiger partial charge in [0.2, 0.25) is 0 Å². The Bertz CT molecular complexity index is 1180. The zero-order valence-corrected chi connectivity index (χ0v) is 43.2. The lowest BCUT2D eigenvalue weighted by Crippen LogP contribution is -3.00. The van der Waals surface area contributed by atoms with Gasteiger partial charge in [0.15, 0.2) is 13.1 Å². The largest absolute Gasteiger partial charge is 1.00 e. The van der Waals surface area contributed by atoms with Gasteiger partial charge in [-0.05, 0) is 38.5 Å². The molecule has 0 bridgehead atoms. The van der Waals surface area contributed by atoms with E-state index in [0.29, 0.717) is 61.0 Å². The number of likely N-dealkylation sites (N-methyl/N-ethyl adjacent to an activating group) is 2. The summed E-state index contributed by atoms with van der Waals surface area (Å²) in [6, 6.07) is 0. The van der Waals surface area contributed by atoms with E-state index in [-0.39, 0.29) is 88.2 Å². The van der Waals surface area contributed by atoms with Crippen molar-refractivity contribution >= 4 is 35.8 Å². The molecule has 0 heterocycles. The minimum atomic E-state index is -0.689. The minimum absolute atomic E-state index is 0. The van der Waals surface area contributed by atoms with E-state index in [9.17, 15) is 39.0 Å². The highest BCUT2D eigenvalue weighted by molar-refractivity contribution is 5.71. The van der Waals surface area contributed by atoms with E-state index in [0.717, 1.165) is 128 Å². The van der Waals surface area contributed by atoms with E-state index in [1.807, 2.05) is 28.2 Å². The maximum Gasteiger partial charge on any atom is 0.361 e. The van der Waals surface area contributed by atoms with Crippen LogP contribution in [0.5, 0.6) is 0 Å². The molecule has 16 nitrogen and oxygen atoms in total. The van der Waals surface area contributed by atoms with E-state index in [2.05, 4.69) is 0 Å². The van der Waals surface area contributed by atoms with Crippen molar-refractivity contribution in [3.05, 3.63) is 0 Å². The van der Waals surface area contributed by atoms with Crippen LogP contribution in [-0.4, -0.2) is 161 Å². The molecule has 0 saturated carbocycles. The lowest BCUT2D eigenvalue weighted by molar-refractivity contribution is -0.883. The highest BCUT2D eigenvalue weighted by Crippen LogP contribution is 2.14. The molecule has 0 aromatic rings. The van der Waals surface area contributed by atoms with Crippen molar-refractivity contribution in [2.75, 3.05) is 94.0 Å². The molecule has 18 heteroatoms. The second kappa shape index (κ2) is 43.5. The number of carbonyl (C=O) groups is 6. The highest BCUT2D eigenvalue weighted by atomic mass is 35.5. The van der Waals surface area contributed by atoms with Gasteiger partial charge in [0, 0.05) is 26.7 Å². The predicted molar refractivity (Wildman–Crippen MR) is 244 cm³/mol. The number of carbonyl (C=O) groups excluding carboxylic acids is 6. The molecule has 2 N–H and O–H groups in total. The third-order valence-electron chi connectivity index (χ3n) is 10.9. The standard InChI is InChI=1S/C48H90N2O14.2ClH/c1-41(51)59-35-31-49(3,4)37-47(57)63-39-43(53)27-21-15-9-11-17-23-29-45(55)61-33-25-19-13-7-8-14-20-26-34-62-46(56)30-24-18-12-10-16-22-28-44(54)40-64-48(58)38-50(5,6)32-36-60-42(2)52;;/h43-44,53-54H,7-40H2,1-6H3;2*1H/q+2;;/p-2. The molecular weight excluding hydrogens is 899 g/mol. The van der Waals surface area contributed by atoms with Crippen molar-refractivity contribution in [3.63, 3.8) is 0 Å². The first-order chi connectivity index (χ1) is 30.4. The van der Waals surface area contributed by atoms with Crippen LogP contribution in [0, 0.1) is 0 Å². The van der Waals surface area contributed by atoms with E-state index in [4.69, 9.17) is 28.4 Å². The molecular formula is C48H90Cl2N2O14. The summed E-state index contributed by atoms with van der Waals surface area (Å²) in [6.45, 7) is 5.32. The van der Waals surface area contributed by atoms with Crippen LogP contribution in [0.25, 0.3) is 0 Å². The molecule has 0 aliphatic heterocycles. The first-order valence-corrected chi connectivity index (χ1v) is 24.3. The Balaban J connectivity index is -0.0000198. The molecule has 0 aromatic carbocycles. The topological polar surface area (TPSA) is 198 Å². The molecule has 390 valence electrons. The molecule has 0 rings (SSSR count). The van der Waals surface area contributed by atoms with Crippen LogP contribution >= 0.6 is 0 Å². The van der Waals surface area contributed by atoms with Gasteiger partial charge in [-0.15, -0.1) is 0 Å². The number of hydrogen-bond donors (Lipinski definition) is 2. The number of ether oxygens (including phenoxy) is 6. The van der Waals surface area contributed by atoms with Gasteiger partial charge in [-0.3, -0.25) is 19.2 Å². The smallest absolute Gasteiger partial charge is 0.361 e. The van der Waals surface area contributed by atoms with Crippen LogP contribution < -0.4 is 24.8 Å². The maximum atomic E-state index is 12.1. The number of unbranched alkanes of at least 4 members (excludes halogenated alkanes) is 17. The van der Waals surface area contributed by atoms with Gasteiger partial charge in [-0.25, -0.2) is 9.59 Å². The summed E-state index contributed by atoms with van der Waals surface area (Å²) in [4.78, 5) is 70.2. The fraction of sp³-hybridized carbons (Fsp3) is 0.875. The lowest BCUT2D eigenvalue weighted by Gasteiger charge is -2.28. The van der Waals surface area contributed by atoms with Crippen molar-refractivity contribution in [1.82, 2.24) is 0 Å². The van der Waals surface area contributed by atoms with Crippen LogP contribution in [0.4, 0.5) is 0 Å². The number of nitrogens with zero attached hydrogens (tertiary/aromatic N) is 2. The molecule has 2 atom stereocenters. The SMILES string of the molecule is CC(=O)OCC[N+](C)(C)CC(=O)OCC(O)CCCCCCCCC(=O)OCCCCCCCCCCOC(=O)CCCCCCCCC(O)COC(=O)C[N+](C)(C)CCOC(C)=O.[Cl-].[Cl-]. The normalized spacial score (nSPS) is 12.2. The molecule has 0 aromatic heterocycles. The first-order valence-electron chi connectivity index (χ1n) is 24.3. The van der Waals surface area contributed by atoms with Crippen LogP contribution in [-0.2, 0) is 57.2 Å². The summed E-state index contributed by atoms with van der Waals surface area (Å²) in [6.07, 6.45) is 20.3. The van der Waals surface area contributed by atoms with Gasteiger partial charge in [-0.2, -0.15) is 0 Å². The number of halogens is 2. The minimum Gasteiger partial charge on any atom is -1.00 e. The zero-order chi connectivity index (χ0) is 47.9. The first kappa shape index (κ1) is 67.5. The Hall–Kier alpha value is -2.76. The number of quaternary nitrogens is 2. The lowest BCUT2D eigenvalue weighted by atomic mass is 10.1. The fourth-order valence-corrected chi connectivity index (χ4v) is 6.86. The summed E-state index contributed by atoms with van der Waals surface area (Å²) in [5.41, 5.74) is 0. The second-order valence-electron chi connectivity index (χ2n) is 18.6. The molecule has 0 radical (unpaired) electrons. The molecule has 0 saturated heterocycles. The number of aliphatic hydroxyl groups excluding tert-OH is 2. The van der Waals surface area contributed by atoms with E-state index < -0.39 is 24.1 Å². The summed E-state index contributed by atoms with van der Waals surface area (Å²) >= 11 is 0.